The zero-order valence-electron chi connectivity index (χ0n) is 22.4. The van der Waals surface area contributed by atoms with Gasteiger partial charge in [0.05, 0.1) is 19.4 Å². The number of ether oxygens (including phenoxy) is 1. The zero-order chi connectivity index (χ0) is 27.6. The van der Waals surface area contributed by atoms with E-state index in [9.17, 15) is 9.59 Å². The van der Waals surface area contributed by atoms with E-state index >= 15 is 0 Å². The molecule has 10 heteroatoms. The molecular formula is C29H38N6O4. The second-order valence-electron chi connectivity index (χ2n) is 10.2. The third-order valence-electron chi connectivity index (χ3n) is 7.68. The number of carboxylic acids is 1. The predicted molar refractivity (Wildman–Crippen MR) is 148 cm³/mol. The fourth-order valence-corrected chi connectivity index (χ4v) is 5.37. The molecule has 10 nitrogen and oxygen atoms in total. The minimum Gasteiger partial charge on any atom is -0.475 e. The van der Waals surface area contributed by atoms with Crippen LogP contribution in [0.3, 0.4) is 0 Å². The number of morpholine rings is 1. The maximum absolute atomic E-state index is 12.6. The summed E-state index contributed by atoms with van der Waals surface area (Å²) in [6.07, 6.45) is 11.1. The van der Waals surface area contributed by atoms with Gasteiger partial charge in [-0.1, -0.05) is 12.1 Å². The Bertz CT molecular complexity index is 1200. The van der Waals surface area contributed by atoms with Gasteiger partial charge in [-0.25, -0.2) is 9.78 Å². The highest BCUT2D eigenvalue weighted by molar-refractivity contribution is 5.83. The van der Waals surface area contributed by atoms with E-state index in [1.807, 2.05) is 0 Å². The third-order valence-corrected chi connectivity index (χ3v) is 7.68. The normalized spacial score (nSPS) is 18.4. The molecule has 2 fully saturated rings. The number of benzene rings is 1. The Labute approximate surface area is 229 Å². The van der Waals surface area contributed by atoms with Gasteiger partial charge in [0.25, 0.3) is 0 Å². The average molecular weight is 535 g/mol. The largest absolute Gasteiger partial charge is 0.475 e. The molecule has 39 heavy (non-hydrogen) atoms. The molecule has 1 aliphatic carbocycles. The minimum absolute atomic E-state index is 0.150. The molecule has 1 aromatic heterocycles. The number of aromatic nitrogens is 2. The lowest BCUT2D eigenvalue weighted by molar-refractivity contribution is -0.132. The summed E-state index contributed by atoms with van der Waals surface area (Å²) in [5, 5.41) is 16.5. The quantitative estimate of drug-likeness (QED) is 0.476. The van der Waals surface area contributed by atoms with Crippen molar-refractivity contribution in [2.75, 3.05) is 51.7 Å². The molecule has 5 rings (SSSR count). The second-order valence-corrected chi connectivity index (χ2v) is 10.2. The monoisotopic (exact) mass is 534 g/mol. The van der Waals surface area contributed by atoms with Gasteiger partial charge in [0.2, 0.25) is 11.7 Å². The number of aromatic amines is 1. The predicted octanol–water partition coefficient (Wildman–Crippen LogP) is 3.63. The van der Waals surface area contributed by atoms with Gasteiger partial charge in [-0.3, -0.25) is 9.69 Å². The Morgan fingerprint density at radius 3 is 2.56 bits per heavy atom. The van der Waals surface area contributed by atoms with E-state index in [1.54, 1.807) is 6.07 Å². The number of hydrogen-bond acceptors (Lipinski definition) is 7. The van der Waals surface area contributed by atoms with Crippen LogP contribution in [0.4, 0.5) is 5.69 Å². The molecule has 208 valence electrons. The lowest BCUT2D eigenvalue weighted by Crippen LogP contribution is -2.41. The van der Waals surface area contributed by atoms with Gasteiger partial charge in [-0.05, 0) is 67.7 Å². The molecule has 0 spiro atoms. The van der Waals surface area contributed by atoms with Crippen molar-refractivity contribution < 1.29 is 19.4 Å². The zero-order valence-corrected chi connectivity index (χ0v) is 22.4. The summed E-state index contributed by atoms with van der Waals surface area (Å²) >= 11 is 0. The standard InChI is InChI=1S/C24H35N3O2.C5H3N3O2/c25-23-7-6-21(18-22(23)20-4-2-1-3-5-20)19-8-12-27(13-9-19)24(28)10-11-26-14-16-29-17-15-26;6-1-3-2-7-4(8-3)5(9)10/h4,6-7,18-19H,1-3,5,8-17,25H2;2H,(H,7,8)(H,9,10). The summed E-state index contributed by atoms with van der Waals surface area (Å²) in [7, 11) is 0. The molecule has 2 saturated heterocycles. The van der Waals surface area contributed by atoms with Crippen molar-refractivity contribution in [1.82, 2.24) is 19.8 Å². The Morgan fingerprint density at radius 1 is 1.18 bits per heavy atom. The number of likely N-dealkylation sites (tertiary alicyclic amines) is 1. The first-order chi connectivity index (χ1) is 18.9. The van der Waals surface area contributed by atoms with Crippen molar-refractivity contribution in [2.24, 2.45) is 0 Å². The van der Waals surface area contributed by atoms with E-state index < -0.39 is 5.97 Å². The molecule has 0 radical (unpaired) electrons. The molecular weight excluding hydrogens is 496 g/mol. The molecule has 2 aliphatic heterocycles. The van der Waals surface area contributed by atoms with Gasteiger partial charge in [0, 0.05) is 50.4 Å². The number of rotatable bonds is 6. The Morgan fingerprint density at radius 2 is 1.95 bits per heavy atom. The number of nitrogens with one attached hydrogen (secondary N) is 1. The number of nitriles is 1. The highest BCUT2D eigenvalue weighted by Crippen LogP contribution is 2.35. The summed E-state index contributed by atoms with van der Waals surface area (Å²) in [4.78, 5) is 32.9. The Hall–Kier alpha value is -3.68. The number of carboxylic acid groups (broad SMARTS) is 1. The number of carbonyl (C=O) groups excluding carboxylic acids is 1. The fraction of sp³-hybridized carbons (Fsp3) is 0.517. The summed E-state index contributed by atoms with van der Waals surface area (Å²) in [5.41, 5.74) is 11.4. The van der Waals surface area contributed by atoms with Gasteiger partial charge in [0.15, 0.2) is 0 Å². The highest BCUT2D eigenvalue weighted by Gasteiger charge is 2.25. The van der Waals surface area contributed by atoms with Crippen molar-refractivity contribution in [2.45, 2.75) is 50.9 Å². The lowest BCUT2D eigenvalue weighted by atomic mass is 9.85. The lowest BCUT2D eigenvalue weighted by Gasteiger charge is -2.33. The van der Waals surface area contributed by atoms with E-state index in [0.29, 0.717) is 18.2 Å². The van der Waals surface area contributed by atoms with E-state index in [2.05, 4.69) is 44.0 Å². The van der Waals surface area contributed by atoms with Crippen molar-refractivity contribution in [3.05, 3.63) is 53.1 Å². The number of piperidine rings is 1. The number of carbonyl (C=O) groups is 2. The van der Waals surface area contributed by atoms with Gasteiger partial charge >= 0.3 is 5.97 Å². The summed E-state index contributed by atoms with van der Waals surface area (Å²) in [6, 6.07) is 8.33. The van der Waals surface area contributed by atoms with E-state index in [1.165, 1.54) is 42.2 Å². The molecule has 3 aliphatic rings. The van der Waals surface area contributed by atoms with E-state index in [0.717, 1.165) is 70.9 Å². The van der Waals surface area contributed by atoms with E-state index in [4.69, 9.17) is 20.8 Å². The number of amides is 1. The average Bonchev–Trinajstić information content (AvgIpc) is 3.48. The van der Waals surface area contributed by atoms with Crippen LogP contribution < -0.4 is 5.73 Å². The first-order valence-corrected chi connectivity index (χ1v) is 13.8. The van der Waals surface area contributed by atoms with Crippen LogP contribution in [0.2, 0.25) is 0 Å². The number of anilines is 1. The number of nitrogens with two attached hydrogens (primary N) is 1. The van der Waals surface area contributed by atoms with Crippen LogP contribution in [-0.2, 0) is 9.53 Å². The third kappa shape index (κ3) is 7.91. The number of hydrogen-bond donors (Lipinski definition) is 3. The van der Waals surface area contributed by atoms with E-state index in [-0.39, 0.29) is 11.5 Å². The van der Waals surface area contributed by atoms with Crippen LogP contribution in [0.25, 0.3) is 5.57 Å². The van der Waals surface area contributed by atoms with Crippen LogP contribution in [0.15, 0.2) is 30.5 Å². The molecule has 2 aromatic rings. The number of imidazole rings is 1. The van der Waals surface area contributed by atoms with Crippen LogP contribution in [0, 0.1) is 11.3 Å². The van der Waals surface area contributed by atoms with Crippen molar-refractivity contribution >= 4 is 23.1 Å². The van der Waals surface area contributed by atoms with Crippen LogP contribution >= 0.6 is 0 Å². The first-order valence-electron chi connectivity index (χ1n) is 13.8. The molecule has 4 N–H and O–H groups in total. The maximum Gasteiger partial charge on any atom is 0.371 e. The van der Waals surface area contributed by atoms with Crippen LogP contribution in [0.5, 0.6) is 0 Å². The number of nitrogen functional groups attached to an aromatic ring is 1. The van der Waals surface area contributed by atoms with Gasteiger partial charge < -0.3 is 25.5 Å². The maximum atomic E-state index is 12.6. The highest BCUT2D eigenvalue weighted by atomic mass is 16.5. The van der Waals surface area contributed by atoms with Crippen LogP contribution in [-0.4, -0.2) is 82.7 Å². The van der Waals surface area contributed by atoms with Gasteiger partial charge in [0.1, 0.15) is 11.8 Å². The molecule has 0 bridgehead atoms. The molecule has 0 unspecified atom stereocenters. The summed E-state index contributed by atoms with van der Waals surface area (Å²) in [6.45, 7) is 6.08. The van der Waals surface area contributed by atoms with Crippen molar-refractivity contribution in [3.63, 3.8) is 0 Å². The van der Waals surface area contributed by atoms with Gasteiger partial charge in [-0.2, -0.15) is 5.26 Å². The number of nitrogens with zero attached hydrogens (tertiary/aromatic N) is 4. The summed E-state index contributed by atoms with van der Waals surface area (Å²) in [5.74, 6) is -0.541. The fourth-order valence-electron chi connectivity index (χ4n) is 5.37. The topological polar surface area (TPSA) is 149 Å². The molecule has 0 saturated carbocycles. The van der Waals surface area contributed by atoms with Crippen molar-refractivity contribution in [3.8, 4) is 6.07 Å². The Balaban J connectivity index is 0.000000298. The number of allylic oxidation sites excluding steroid dienone is 2. The SMILES string of the molecule is N#Cc1cnc(C(=O)O)[nH]1.Nc1ccc(C2CCN(C(=O)CCN3CCOCC3)CC2)cc1C1=CCCCC1. The molecule has 3 heterocycles. The van der Waals surface area contributed by atoms with Crippen LogP contribution in [0.1, 0.15) is 78.3 Å². The Kier molecular flexibility index (Phi) is 10.1. The smallest absolute Gasteiger partial charge is 0.371 e. The first kappa shape index (κ1) is 28.3. The van der Waals surface area contributed by atoms with Gasteiger partial charge in [-0.15, -0.1) is 0 Å². The number of aromatic carboxylic acids is 1. The summed E-state index contributed by atoms with van der Waals surface area (Å²) < 4.78 is 5.38. The minimum atomic E-state index is -1.17. The molecule has 1 amide bonds. The molecule has 0 atom stereocenters. The number of H-pyrrole nitrogens is 1. The molecule has 1 aromatic carbocycles. The van der Waals surface area contributed by atoms with Crippen molar-refractivity contribution in [1.29, 1.82) is 5.26 Å². The second kappa shape index (κ2) is 13.9.